The van der Waals surface area contributed by atoms with Crippen LogP contribution in [-0.2, 0) is 0 Å². The van der Waals surface area contributed by atoms with Crippen molar-refractivity contribution in [1.29, 1.82) is 0 Å². The number of aromatic nitrogens is 2. The lowest BCUT2D eigenvalue weighted by Gasteiger charge is -2.05. The van der Waals surface area contributed by atoms with Crippen LogP contribution in [-0.4, -0.2) is 9.78 Å². The fourth-order valence-corrected chi connectivity index (χ4v) is 2.11. The highest BCUT2D eigenvalue weighted by Crippen LogP contribution is 2.21. The summed E-state index contributed by atoms with van der Waals surface area (Å²) in [6.45, 7) is 1.88. The molecule has 0 aliphatic carbocycles. The second-order valence-electron chi connectivity index (χ2n) is 4.47. The molecule has 0 saturated carbocycles. The van der Waals surface area contributed by atoms with E-state index in [0.29, 0.717) is 0 Å². The molecule has 0 fully saturated rings. The highest BCUT2D eigenvalue weighted by atomic mass is 19.1. The molecule has 0 bridgehead atoms. The quantitative estimate of drug-likeness (QED) is 0.674. The van der Waals surface area contributed by atoms with Crippen LogP contribution in [0, 0.1) is 12.7 Å². The molecule has 1 heterocycles. The van der Waals surface area contributed by atoms with Crippen molar-refractivity contribution in [2.45, 2.75) is 6.92 Å². The Labute approximate surface area is 111 Å². The predicted molar refractivity (Wildman–Crippen MR) is 73.7 cm³/mol. The van der Waals surface area contributed by atoms with Crippen molar-refractivity contribution in [3.63, 3.8) is 0 Å². The molecule has 2 nitrogen and oxygen atoms in total. The molecular weight excluding hydrogens is 239 g/mol. The summed E-state index contributed by atoms with van der Waals surface area (Å²) in [7, 11) is 0. The van der Waals surface area contributed by atoms with Gasteiger partial charge in [0, 0.05) is 11.8 Å². The summed E-state index contributed by atoms with van der Waals surface area (Å²) in [6.07, 6.45) is 3.77. The Kier molecular flexibility index (Phi) is 2.88. The second-order valence-corrected chi connectivity index (χ2v) is 4.47. The zero-order chi connectivity index (χ0) is 13.2. The lowest BCUT2D eigenvalue weighted by Crippen LogP contribution is -1.97. The summed E-state index contributed by atoms with van der Waals surface area (Å²) in [6, 6.07) is 14.8. The van der Waals surface area contributed by atoms with Crippen LogP contribution >= 0.6 is 0 Å². The van der Waals surface area contributed by atoms with Crippen molar-refractivity contribution < 1.29 is 4.39 Å². The Morgan fingerprint density at radius 3 is 2.53 bits per heavy atom. The topological polar surface area (TPSA) is 17.8 Å². The van der Waals surface area contributed by atoms with E-state index in [1.807, 2.05) is 49.6 Å². The van der Waals surface area contributed by atoms with Crippen LogP contribution in [0.25, 0.3) is 16.8 Å². The van der Waals surface area contributed by atoms with E-state index < -0.39 is 0 Å². The maximum atomic E-state index is 13.1. The van der Waals surface area contributed by atoms with E-state index in [0.717, 1.165) is 22.4 Å². The van der Waals surface area contributed by atoms with Gasteiger partial charge < -0.3 is 0 Å². The molecule has 0 saturated heterocycles. The van der Waals surface area contributed by atoms with E-state index in [4.69, 9.17) is 0 Å². The summed E-state index contributed by atoms with van der Waals surface area (Å²) < 4.78 is 14.9. The average molecular weight is 252 g/mol. The smallest absolute Gasteiger partial charge is 0.123 e. The molecule has 19 heavy (non-hydrogen) atoms. The molecular formula is C16H13FN2. The lowest BCUT2D eigenvalue weighted by molar-refractivity contribution is 0.625. The first kappa shape index (κ1) is 11.7. The molecule has 0 aliphatic heterocycles. The summed E-state index contributed by atoms with van der Waals surface area (Å²) in [5.74, 6) is -0.225. The molecule has 3 aromatic rings. The zero-order valence-electron chi connectivity index (χ0n) is 10.5. The second kappa shape index (κ2) is 4.69. The van der Waals surface area contributed by atoms with Crippen LogP contribution in [0.4, 0.5) is 4.39 Å². The van der Waals surface area contributed by atoms with Crippen molar-refractivity contribution >= 4 is 0 Å². The van der Waals surface area contributed by atoms with Gasteiger partial charge in [-0.25, -0.2) is 9.07 Å². The molecule has 0 unspecified atom stereocenters. The summed E-state index contributed by atoms with van der Waals surface area (Å²) >= 11 is 0. The van der Waals surface area contributed by atoms with E-state index in [2.05, 4.69) is 5.10 Å². The van der Waals surface area contributed by atoms with Crippen LogP contribution in [0.2, 0.25) is 0 Å². The number of benzene rings is 2. The minimum absolute atomic E-state index is 0.225. The maximum Gasteiger partial charge on any atom is 0.123 e. The van der Waals surface area contributed by atoms with Crippen LogP contribution in [0.15, 0.2) is 60.9 Å². The molecule has 0 atom stereocenters. The first-order valence-electron chi connectivity index (χ1n) is 6.11. The SMILES string of the molecule is Cc1cc(F)ccc1-n1cc(-c2ccccc2)cn1. The molecule has 1 aromatic heterocycles. The third-order valence-corrected chi connectivity index (χ3v) is 3.10. The first-order valence-corrected chi connectivity index (χ1v) is 6.11. The predicted octanol–water partition coefficient (Wildman–Crippen LogP) is 3.99. The zero-order valence-corrected chi connectivity index (χ0v) is 10.5. The highest BCUT2D eigenvalue weighted by Gasteiger charge is 2.06. The number of nitrogens with zero attached hydrogens (tertiary/aromatic N) is 2. The number of aryl methyl sites for hydroxylation is 1. The van der Waals surface area contributed by atoms with Crippen LogP contribution in [0.3, 0.4) is 0 Å². The van der Waals surface area contributed by atoms with E-state index >= 15 is 0 Å². The number of halogens is 1. The molecule has 0 N–H and O–H groups in total. The van der Waals surface area contributed by atoms with E-state index in [1.165, 1.54) is 12.1 Å². The van der Waals surface area contributed by atoms with Gasteiger partial charge in [-0.2, -0.15) is 5.10 Å². The van der Waals surface area contributed by atoms with E-state index in [9.17, 15) is 4.39 Å². The molecule has 3 heteroatoms. The van der Waals surface area contributed by atoms with Crippen LogP contribution in [0.5, 0.6) is 0 Å². The Morgan fingerprint density at radius 2 is 1.79 bits per heavy atom. The van der Waals surface area contributed by atoms with Crippen LogP contribution in [0.1, 0.15) is 5.56 Å². The maximum absolute atomic E-state index is 13.1. The molecule has 94 valence electrons. The summed E-state index contributed by atoms with van der Waals surface area (Å²) in [5.41, 5.74) is 3.92. The lowest BCUT2D eigenvalue weighted by atomic mass is 10.1. The summed E-state index contributed by atoms with van der Waals surface area (Å²) in [5, 5.41) is 4.35. The van der Waals surface area contributed by atoms with Crippen molar-refractivity contribution in [3.05, 3.63) is 72.3 Å². The van der Waals surface area contributed by atoms with Crippen LogP contribution < -0.4 is 0 Å². The third kappa shape index (κ3) is 2.27. The van der Waals surface area contributed by atoms with Crippen molar-refractivity contribution in [2.75, 3.05) is 0 Å². The van der Waals surface area contributed by atoms with Crippen molar-refractivity contribution in [3.8, 4) is 16.8 Å². The van der Waals surface area contributed by atoms with Gasteiger partial charge in [0.25, 0.3) is 0 Å². The number of rotatable bonds is 2. The van der Waals surface area contributed by atoms with Gasteiger partial charge >= 0.3 is 0 Å². The van der Waals surface area contributed by atoms with E-state index in [-0.39, 0.29) is 5.82 Å². The Balaban J connectivity index is 2.02. The van der Waals surface area contributed by atoms with Gasteiger partial charge in [0.15, 0.2) is 0 Å². The fraction of sp³-hybridized carbons (Fsp3) is 0.0625. The van der Waals surface area contributed by atoms with Crippen molar-refractivity contribution in [2.24, 2.45) is 0 Å². The van der Waals surface area contributed by atoms with Crippen molar-refractivity contribution in [1.82, 2.24) is 9.78 Å². The van der Waals surface area contributed by atoms with Gasteiger partial charge in [-0.3, -0.25) is 0 Å². The molecule has 2 aromatic carbocycles. The van der Waals surface area contributed by atoms with Gasteiger partial charge in [0.2, 0.25) is 0 Å². The normalized spacial score (nSPS) is 10.6. The minimum Gasteiger partial charge on any atom is -0.240 e. The van der Waals surface area contributed by atoms with E-state index in [1.54, 1.807) is 10.7 Å². The standard InChI is InChI=1S/C16H13FN2/c1-12-9-15(17)7-8-16(12)19-11-14(10-18-19)13-5-3-2-4-6-13/h2-11H,1H3. The Morgan fingerprint density at radius 1 is 1.00 bits per heavy atom. The Hall–Kier alpha value is -2.42. The van der Waals surface area contributed by atoms with Gasteiger partial charge in [-0.05, 0) is 36.2 Å². The number of hydrogen-bond acceptors (Lipinski definition) is 1. The highest BCUT2D eigenvalue weighted by molar-refractivity contribution is 5.62. The monoisotopic (exact) mass is 252 g/mol. The molecule has 0 spiro atoms. The number of hydrogen-bond donors (Lipinski definition) is 0. The van der Waals surface area contributed by atoms with Gasteiger partial charge in [-0.1, -0.05) is 30.3 Å². The molecule has 0 amide bonds. The average Bonchev–Trinajstić information content (AvgIpc) is 2.89. The third-order valence-electron chi connectivity index (χ3n) is 3.10. The molecule has 3 rings (SSSR count). The minimum atomic E-state index is -0.225. The summed E-state index contributed by atoms with van der Waals surface area (Å²) in [4.78, 5) is 0. The largest absolute Gasteiger partial charge is 0.240 e. The first-order chi connectivity index (χ1) is 9.24. The van der Waals surface area contributed by atoms with Gasteiger partial charge in [0.05, 0.1) is 11.9 Å². The fourth-order valence-electron chi connectivity index (χ4n) is 2.11. The molecule has 0 aliphatic rings. The molecule has 0 radical (unpaired) electrons. The van der Waals surface area contributed by atoms with Gasteiger partial charge in [0.1, 0.15) is 5.82 Å². The van der Waals surface area contributed by atoms with Gasteiger partial charge in [-0.15, -0.1) is 0 Å². The Bertz CT molecular complexity index is 702.